The van der Waals surface area contributed by atoms with E-state index in [1.54, 1.807) is 18.5 Å². The van der Waals surface area contributed by atoms with E-state index in [-0.39, 0.29) is 11.5 Å². The van der Waals surface area contributed by atoms with E-state index >= 15 is 0 Å². The van der Waals surface area contributed by atoms with Gasteiger partial charge in [-0.15, -0.1) is 0 Å². The van der Waals surface area contributed by atoms with Crippen molar-refractivity contribution in [2.45, 2.75) is 0 Å². The number of nitrogens with zero attached hydrogens (tertiary/aromatic N) is 2. The van der Waals surface area contributed by atoms with Crippen LogP contribution < -0.4 is 4.90 Å². The topological polar surface area (TPSA) is 56.6 Å². The fraction of sp³-hybridized carbons (Fsp3) is 0.0741. The van der Waals surface area contributed by atoms with Gasteiger partial charge in [0.05, 0.1) is 0 Å². The molecule has 0 saturated carbocycles. The molecule has 4 aromatic carbocycles. The Labute approximate surface area is 180 Å². The van der Waals surface area contributed by atoms with E-state index in [0.29, 0.717) is 16.7 Å². The predicted octanol–water partition coefficient (Wildman–Crippen LogP) is 6.20. The first-order valence-electron chi connectivity index (χ1n) is 10.1. The molecule has 1 heterocycles. The van der Waals surface area contributed by atoms with Crippen LogP contribution in [0.25, 0.3) is 43.8 Å². The summed E-state index contributed by atoms with van der Waals surface area (Å²) in [6, 6.07) is 23.3. The predicted molar refractivity (Wildman–Crippen MR) is 128 cm³/mol. The molecule has 0 aliphatic rings. The standard InChI is InChI=1S/C27H22N2O2/c1-29(2)23-13-14-28-16-22(23)21-15-18-8-4-6-10-20(18)26(27(21)31)25-19-9-5-3-7-17(19)11-12-24(25)30/h3-16,30-31H,1-2H3. The number of hydrogen-bond acceptors (Lipinski definition) is 4. The van der Waals surface area contributed by atoms with Crippen molar-refractivity contribution in [2.75, 3.05) is 19.0 Å². The Bertz CT molecular complexity index is 1440. The Balaban J connectivity index is 1.94. The molecule has 152 valence electrons. The highest BCUT2D eigenvalue weighted by atomic mass is 16.3. The van der Waals surface area contributed by atoms with Gasteiger partial charge in [0, 0.05) is 54.4 Å². The smallest absolute Gasteiger partial charge is 0.132 e. The molecule has 0 fully saturated rings. The molecule has 4 heteroatoms. The molecule has 1 aromatic heterocycles. The van der Waals surface area contributed by atoms with Gasteiger partial charge in [0.1, 0.15) is 11.5 Å². The van der Waals surface area contributed by atoms with Crippen LogP contribution in [0.15, 0.2) is 85.2 Å². The summed E-state index contributed by atoms with van der Waals surface area (Å²) in [5, 5.41) is 26.3. The maximum Gasteiger partial charge on any atom is 0.132 e. The van der Waals surface area contributed by atoms with Gasteiger partial charge in [0.2, 0.25) is 0 Å². The van der Waals surface area contributed by atoms with E-state index in [0.717, 1.165) is 32.8 Å². The Kier molecular flexibility index (Phi) is 4.48. The van der Waals surface area contributed by atoms with Gasteiger partial charge in [0.25, 0.3) is 0 Å². The van der Waals surface area contributed by atoms with Crippen molar-refractivity contribution in [2.24, 2.45) is 0 Å². The molecular formula is C27H22N2O2. The number of pyridine rings is 1. The SMILES string of the molecule is CN(C)c1ccncc1-c1cc2ccccc2c(-c2c(O)ccc3ccccc23)c1O. The Morgan fingerprint density at radius 3 is 2.13 bits per heavy atom. The first-order valence-corrected chi connectivity index (χ1v) is 10.1. The first-order chi connectivity index (χ1) is 15.1. The van der Waals surface area contributed by atoms with E-state index in [9.17, 15) is 10.2 Å². The maximum atomic E-state index is 11.6. The van der Waals surface area contributed by atoms with Crippen molar-refractivity contribution >= 4 is 27.2 Å². The zero-order chi connectivity index (χ0) is 21.5. The van der Waals surface area contributed by atoms with Crippen LogP contribution in [0.4, 0.5) is 5.69 Å². The number of fused-ring (bicyclic) bond motifs is 2. The zero-order valence-corrected chi connectivity index (χ0v) is 17.4. The van der Waals surface area contributed by atoms with Crippen LogP contribution in [0.1, 0.15) is 0 Å². The normalized spacial score (nSPS) is 11.2. The van der Waals surface area contributed by atoms with E-state index in [2.05, 4.69) is 4.98 Å². The minimum atomic E-state index is 0.126. The lowest BCUT2D eigenvalue weighted by Crippen LogP contribution is -2.10. The van der Waals surface area contributed by atoms with Gasteiger partial charge < -0.3 is 15.1 Å². The first kappa shape index (κ1) is 18.9. The molecule has 0 aliphatic heterocycles. The van der Waals surface area contributed by atoms with Crippen LogP contribution in [-0.2, 0) is 0 Å². The summed E-state index contributed by atoms with van der Waals surface area (Å²) >= 11 is 0. The lowest BCUT2D eigenvalue weighted by Gasteiger charge is -2.21. The van der Waals surface area contributed by atoms with Gasteiger partial charge >= 0.3 is 0 Å². The van der Waals surface area contributed by atoms with Crippen molar-refractivity contribution in [3.63, 3.8) is 0 Å². The van der Waals surface area contributed by atoms with Gasteiger partial charge in [-0.1, -0.05) is 54.6 Å². The molecule has 0 aliphatic carbocycles. The number of phenolic OH excluding ortho intramolecular Hbond substituents is 2. The van der Waals surface area contributed by atoms with Gasteiger partial charge in [-0.25, -0.2) is 0 Å². The molecule has 0 atom stereocenters. The summed E-state index contributed by atoms with van der Waals surface area (Å²) in [5.41, 5.74) is 3.71. The number of aromatic hydroxyl groups is 2. The number of benzene rings is 4. The summed E-state index contributed by atoms with van der Waals surface area (Å²) in [7, 11) is 3.93. The quantitative estimate of drug-likeness (QED) is 0.375. The minimum Gasteiger partial charge on any atom is -0.507 e. The number of anilines is 1. The van der Waals surface area contributed by atoms with Crippen molar-refractivity contribution in [1.29, 1.82) is 0 Å². The van der Waals surface area contributed by atoms with E-state index in [4.69, 9.17) is 0 Å². The zero-order valence-electron chi connectivity index (χ0n) is 17.4. The molecule has 0 saturated heterocycles. The van der Waals surface area contributed by atoms with Crippen molar-refractivity contribution in [1.82, 2.24) is 4.98 Å². The van der Waals surface area contributed by atoms with Crippen LogP contribution in [0.3, 0.4) is 0 Å². The highest BCUT2D eigenvalue weighted by Crippen LogP contribution is 2.49. The highest BCUT2D eigenvalue weighted by molar-refractivity contribution is 6.12. The molecule has 0 amide bonds. The van der Waals surface area contributed by atoms with Gasteiger partial charge in [0.15, 0.2) is 0 Å². The number of phenols is 2. The lowest BCUT2D eigenvalue weighted by molar-refractivity contribution is 0.471. The number of aromatic nitrogens is 1. The molecule has 0 unspecified atom stereocenters. The maximum absolute atomic E-state index is 11.6. The Hall–Kier alpha value is -4.05. The van der Waals surface area contributed by atoms with E-state index in [1.807, 2.05) is 85.7 Å². The van der Waals surface area contributed by atoms with Crippen molar-refractivity contribution in [3.8, 4) is 33.8 Å². The molecule has 31 heavy (non-hydrogen) atoms. The molecule has 0 bridgehead atoms. The third-order valence-corrected chi connectivity index (χ3v) is 5.75. The summed E-state index contributed by atoms with van der Waals surface area (Å²) in [4.78, 5) is 6.31. The van der Waals surface area contributed by atoms with E-state index < -0.39 is 0 Å². The Morgan fingerprint density at radius 2 is 1.39 bits per heavy atom. The highest BCUT2D eigenvalue weighted by Gasteiger charge is 2.21. The van der Waals surface area contributed by atoms with Crippen molar-refractivity contribution in [3.05, 3.63) is 85.2 Å². The molecule has 5 rings (SSSR count). The fourth-order valence-corrected chi connectivity index (χ4v) is 4.30. The number of hydrogen-bond donors (Lipinski definition) is 2. The molecule has 4 nitrogen and oxygen atoms in total. The second kappa shape index (κ2) is 7.33. The summed E-state index contributed by atoms with van der Waals surface area (Å²) in [6.45, 7) is 0. The summed E-state index contributed by atoms with van der Waals surface area (Å²) in [6.07, 6.45) is 3.51. The average molecular weight is 406 g/mol. The van der Waals surface area contributed by atoms with Gasteiger partial charge in [-0.2, -0.15) is 0 Å². The lowest BCUT2D eigenvalue weighted by atomic mass is 9.88. The van der Waals surface area contributed by atoms with Crippen LogP contribution in [0.2, 0.25) is 0 Å². The average Bonchev–Trinajstić information content (AvgIpc) is 2.79. The summed E-state index contributed by atoms with van der Waals surface area (Å²) < 4.78 is 0. The molecule has 0 spiro atoms. The second-order valence-corrected chi connectivity index (χ2v) is 7.84. The Morgan fingerprint density at radius 1 is 0.710 bits per heavy atom. The second-order valence-electron chi connectivity index (χ2n) is 7.84. The van der Waals surface area contributed by atoms with Crippen LogP contribution >= 0.6 is 0 Å². The third kappa shape index (κ3) is 3.04. The van der Waals surface area contributed by atoms with Crippen molar-refractivity contribution < 1.29 is 10.2 Å². The molecule has 2 N–H and O–H groups in total. The fourth-order valence-electron chi connectivity index (χ4n) is 4.30. The van der Waals surface area contributed by atoms with Gasteiger partial charge in [-0.3, -0.25) is 4.98 Å². The molecule has 5 aromatic rings. The largest absolute Gasteiger partial charge is 0.507 e. The monoisotopic (exact) mass is 406 g/mol. The minimum absolute atomic E-state index is 0.126. The summed E-state index contributed by atoms with van der Waals surface area (Å²) in [5.74, 6) is 0.261. The van der Waals surface area contributed by atoms with Crippen LogP contribution in [0, 0.1) is 0 Å². The number of rotatable bonds is 3. The molecular weight excluding hydrogens is 384 g/mol. The van der Waals surface area contributed by atoms with Gasteiger partial charge in [-0.05, 0) is 39.7 Å². The van der Waals surface area contributed by atoms with E-state index in [1.165, 1.54) is 0 Å². The third-order valence-electron chi connectivity index (χ3n) is 5.75. The molecule has 0 radical (unpaired) electrons. The van der Waals surface area contributed by atoms with Crippen LogP contribution in [-0.4, -0.2) is 29.3 Å². The van der Waals surface area contributed by atoms with Crippen LogP contribution in [0.5, 0.6) is 11.5 Å².